The number of carbonyl (C=O) groups excluding carboxylic acids is 3. The summed E-state index contributed by atoms with van der Waals surface area (Å²) in [5, 5.41) is 8.68. The van der Waals surface area contributed by atoms with Crippen molar-refractivity contribution in [3.63, 3.8) is 0 Å². The number of nitrogens with zero attached hydrogens (tertiary/aromatic N) is 1. The molecule has 9 heteroatoms. The van der Waals surface area contributed by atoms with Crippen LogP contribution in [0.25, 0.3) is 0 Å². The number of nitrogens with one attached hydrogen (secondary N) is 3. The minimum Gasteiger partial charge on any atom is -0.497 e. The quantitative estimate of drug-likeness (QED) is 0.324. The number of benzene rings is 3. The van der Waals surface area contributed by atoms with Crippen LogP contribution in [0, 0.1) is 5.92 Å². The Hall–Kier alpha value is -4.53. The molecule has 41 heavy (non-hydrogen) atoms. The van der Waals surface area contributed by atoms with Crippen LogP contribution in [0.1, 0.15) is 30.9 Å². The van der Waals surface area contributed by atoms with Crippen molar-refractivity contribution in [2.75, 3.05) is 32.1 Å². The van der Waals surface area contributed by atoms with Gasteiger partial charge in [-0.1, -0.05) is 42.5 Å². The van der Waals surface area contributed by atoms with E-state index in [1.807, 2.05) is 61.5 Å². The predicted octanol–water partition coefficient (Wildman–Crippen LogP) is 4.38. The molecule has 0 saturated carbocycles. The van der Waals surface area contributed by atoms with Crippen LogP contribution in [0.2, 0.25) is 0 Å². The third-order valence-corrected chi connectivity index (χ3v) is 7.09. The predicted molar refractivity (Wildman–Crippen MR) is 158 cm³/mol. The summed E-state index contributed by atoms with van der Waals surface area (Å²) in [4.78, 5) is 41.1. The number of hydrogen-bond acceptors (Lipinski definition) is 5. The smallest absolute Gasteiger partial charge is 0.319 e. The van der Waals surface area contributed by atoms with Gasteiger partial charge in [-0.05, 0) is 67.3 Å². The highest BCUT2D eigenvalue weighted by molar-refractivity contribution is 5.94. The van der Waals surface area contributed by atoms with Crippen LogP contribution in [0.5, 0.6) is 11.5 Å². The number of amides is 4. The summed E-state index contributed by atoms with van der Waals surface area (Å²) in [7, 11) is 1.61. The SMILES string of the molecule is CCOc1ccc(NC(=O)N[C@@H](Cc2ccccc2)C(=O)N2CCC(C(=O)NCc3cccc(OC)c3)CC2)cc1. The van der Waals surface area contributed by atoms with Gasteiger partial charge in [-0.15, -0.1) is 0 Å². The Morgan fingerprint density at radius 1 is 0.902 bits per heavy atom. The summed E-state index contributed by atoms with van der Waals surface area (Å²) in [6.07, 6.45) is 1.48. The molecule has 3 aromatic carbocycles. The Kier molecular flexibility index (Phi) is 10.6. The molecule has 0 spiro atoms. The topological polar surface area (TPSA) is 109 Å². The fraction of sp³-hybridized carbons (Fsp3) is 0.344. The molecule has 0 aliphatic carbocycles. The summed E-state index contributed by atoms with van der Waals surface area (Å²) < 4.78 is 10.7. The molecule has 1 aliphatic heterocycles. The van der Waals surface area contributed by atoms with E-state index < -0.39 is 12.1 Å². The minimum absolute atomic E-state index is 0.0198. The van der Waals surface area contributed by atoms with E-state index >= 15 is 0 Å². The number of piperidine rings is 1. The fourth-order valence-electron chi connectivity index (χ4n) is 4.87. The van der Waals surface area contributed by atoms with Gasteiger partial charge in [-0.25, -0.2) is 4.79 Å². The van der Waals surface area contributed by atoms with Crippen LogP contribution >= 0.6 is 0 Å². The summed E-state index contributed by atoms with van der Waals surface area (Å²) in [5.41, 5.74) is 2.50. The van der Waals surface area contributed by atoms with Crippen molar-refractivity contribution in [1.82, 2.24) is 15.5 Å². The van der Waals surface area contributed by atoms with Gasteiger partial charge in [0.25, 0.3) is 0 Å². The molecule has 1 saturated heterocycles. The molecular weight excluding hydrogens is 520 g/mol. The zero-order valence-corrected chi connectivity index (χ0v) is 23.6. The molecule has 1 heterocycles. The van der Waals surface area contributed by atoms with E-state index in [4.69, 9.17) is 9.47 Å². The third-order valence-electron chi connectivity index (χ3n) is 7.09. The Morgan fingerprint density at radius 2 is 1.61 bits per heavy atom. The normalized spacial score (nSPS) is 14.0. The van der Waals surface area contributed by atoms with E-state index in [2.05, 4.69) is 16.0 Å². The summed E-state index contributed by atoms with van der Waals surface area (Å²) >= 11 is 0. The first-order chi connectivity index (χ1) is 19.9. The Morgan fingerprint density at radius 3 is 2.29 bits per heavy atom. The van der Waals surface area contributed by atoms with Crippen molar-refractivity contribution in [2.24, 2.45) is 5.92 Å². The third kappa shape index (κ3) is 8.73. The van der Waals surface area contributed by atoms with Crippen LogP contribution in [0.3, 0.4) is 0 Å². The molecule has 3 aromatic rings. The molecule has 1 fully saturated rings. The molecule has 3 N–H and O–H groups in total. The molecule has 4 rings (SSSR count). The van der Waals surface area contributed by atoms with Gasteiger partial charge in [0.1, 0.15) is 17.5 Å². The molecule has 9 nitrogen and oxygen atoms in total. The number of methoxy groups -OCH3 is 1. The lowest BCUT2D eigenvalue weighted by Gasteiger charge is -2.34. The Labute approximate surface area is 241 Å². The molecule has 1 atom stereocenters. The maximum Gasteiger partial charge on any atom is 0.319 e. The average molecular weight is 559 g/mol. The van der Waals surface area contributed by atoms with Gasteiger partial charge in [-0.3, -0.25) is 9.59 Å². The number of urea groups is 1. The molecule has 0 unspecified atom stereocenters. The van der Waals surface area contributed by atoms with Gasteiger partial charge < -0.3 is 30.3 Å². The van der Waals surface area contributed by atoms with Crippen molar-refractivity contribution in [2.45, 2.75) is 38.8 Å². The zero-order valence-electron chi connectivity index (χ0n) is 23.6. The van der Waals surface area contributed by atoms with Crippen LogP contribution in [-0.2, 0) is 22.6 Å². The fourth-order valence-corrected chi connectivity index (χ4v) is 4.87. The van der Waals surface area contributed by atoms with Gasteiger partial charge in [0.2, 0.25) is 11.8 Å². The highest BCUT2D eigenvalue weighted by Gasteiger charge is 2.31. The second kappa shape index (κ2) is 14.7. The highest BCUT2D eigenvalue weighted by Crippen LogP contribution is 2.20. The van der Waals surface area contributed by atoms with E-state index in [-0.39, 0.29) is 17.7 Å². The molecule has 0 aromatic heterocycles. The summed E-state index contributed by atoms with van der Waals surface area (Å²) in [5.74, 6) is 1.11. The first-order valence-corrected chi connectivity index (χ1v) is 14.0. The second-order valence-electron chi connectivity index (χ2n) is 9.97. The van der Waals surface area contributed by atoms with Gasteiger partial charge in [0.05, 0.1) is 13.7 Å². The lowest BCUT2D eigenvalue weighted by atomic mass is 9.94. The summed E-state index contributed by atoms with van der Waals surface area (Å²) in [6, 6.07) is 23.0. The molecular formula is C32H38N4O5. The molecule has 1 aliphatic rings. The summed E-state index contributed by atoms with van der Waals surface area (Å²) in [6.45, 7) is 3.78. The lowest BCUT2D eigenvalue weighted by Crippen LogP contribution is -2.53. The Bertz CT molecular complexity index is 1290. The van der Waals surface area contributed by atoms with Crippen molar-refractivity contribution in [3.05, 3.63) is 90.0 Å². The molecule has 4 amide bonds. The molecule has 216 valence electrons. The second-order valence-corrected chi connectivity index (χ2v) is 9.97. The average Bonchev–Trinajstić information content (AvgIpc) is 3.01. The molecule has 0 radical (unpaired) electrons. The standard InChI is InChI=1S/C32H38N4O5/c1-3-41-27-14-12-26(13-15-27)34-32(39)35-29(21-23-8-5-4-6-9-23)31(38)36-18-16-25(17-19-36)30(37)33-22-24-10-7-11-28(20-24)40-2/h4-15,20,25,29H,3,16-19,21-22H2,1-2H3,(H,33,37)(H2,34,35,39)/t29-/m0/s1. The van der Waals surface area contributed by atoms with Gasteiger partial charge in [0, 0.05) is 37.7 Å². The number of carbonyl (C=O) groups is 3. The number of hydrogen-bond donors (Lipinski definition) is 3. The van der Waals surface area contributed by atoms with Crippen molar-refractivity contribution in [1.29, 1.82) is 0 Å². The van der Waals surface area contributed by atoms with Gasteiger partial charge >= 0.3 is 6.03 Å². The van der Waals surface area contributed by atoms with E-state index in [0.29, 0.717) is 56.9 Å². The maximum atomic E-state index is 13.6. The largest absolute Gasteiger partial charge is 0.497 e. The first kappa shape index (κ1) is 29.5. The lowest BCUT2D eigenvalue weighted by molar-refractivity contribution is -0.137. The van der Waals surface area contributed by atoms with Gasteiger partial charge in [-0.2, -0.15) is 0 Å². The first-order valence-electron chi connectivity index (χ1n) is 14.0. The maximum absolute atomic E-state index is 13.6. The highest BCUT2D eigenvalue weighted by atomic mass is 16.5. The number of anilines is 1. The van der Waals surface area contributed by atoms with Crippen molar-refractivity contribution in [3.8, 4) is 11.5 Å². The van der Waals surface area contributed by atoms with E-state index in [1.165, 1.54) is 0 Å². The number of likely N-dealkylation sites (tertiary alicyclic amines) is 1. The van der Waals surface area contributed by atoms with Crippen molar-refractivity contribution < 1.29 is 23.9 Å². The van der Waals surface area contributed by atoms with E-state index in [0.717, 1.165) is 16.9 Å². The molecule has 0 bridgehead atoms. The number of ether oxygens (including phenoxy) is 2. The van der Waals surface area contributed by atoms with Gasteiger partial charge in [0.15, 0.2) is 0 Å². The van der Waals surface area contributed by atoms with E-state index in [1.54, 1.807) is 36.3 Å². The number of rotatable bonds is 11. The van der Waals surface area contributed by atoms with Crippen LogP contribution in [-0.4, -0.2) is 55.6 Å². The monoisotopic (exact) mass is 558 g/mol. The van der Waals surface area contributed by atoms with Crippen molar-refractivity contribution >= 4 is 23.5 Å². The van der Waals surface area contributed by atoms with Crippen LogP contribution in [0.4, 0.5) is 10.5 Å². The minimum atomic E-state index is -0.751. The van der Waals surface area contributed by atoms with E-state index in [9.17, 15) is 14.4 Å². The van der Waals surface area contributed by atoms with Crippen LogP contribution < -0.4 is 25.4 Å². The zero-order chi connectivity index (χ0) is 29.0. The van der Waals surface area contributed by atoms with Crippen LogP contribution in [0.15, 0.2) is 78.9 Å². The Balaban J connectivity index is 1.33.